The lowest BCUT2D eigenvalue weighted by Crippen LogP contribution is -2.76. The van der Waals surface area contributed by atoms with Crippen molar-refractivity contribution in [1.82, 2.24) is 25.8 Å². The van der Waals surface area contributed by atoms with Gasteiger partial charge in [-0.3, -0.25) is 15.0 Å². The second kappa shape index (κ2) is 33.9. The minimum Gasteiger partial charge on any atom is -0.497 e. The molecule has 4 atom stereocenters. The van der Waals surface area contributed by atoms with E-state index in [0.29, 0.717) is 100 Å². The number of carbonyl (C=O) groups excluding carboxylic acids is 3. The molecule has 1 fully saturated rings. The Morgan fingerprint density at radius 2 is 1.36 bits per heavy atom. The van der Waals surface area contributed by atoms with Gasteiger partial charge in [0.1, 0.15) is 60.1 Å². The van der Waals surface area contributed by atoms with Gasteiger partial charge in [-0.15, -0.1) is 0 Å². The third kappa shape index (κ3) is 18.0. The van der Waals surface area contributed by atoms with Crippen LogP contribution in [0, 0.1) is 13.8 Å². The van der Waals surface area contributed by atoms with Crippen molar-refractivity contribution < 1.29 is 66.1 Å². The highest BCUT2D eigenvalue weighted by Gasteiger charge is 2.51. The summed E-state index contributed by atoms with van der Waals surface area (Å²) in [7, 11) is 2.58. The average molecular weight is 1350 g/mol. The number of rotatable bonds is 33. The summed E-state index contributed by atoms with van der Waals surface area (Å²) >= 11 is 0. The molecule has 0 bridgehead atoms. The van der Waals surface area contributed by atoms with Crippen molar-refractivity contribution in [2.45, 2.75) is 123 Å². The van der Waals surface area contributed by atoms with E-state index in [9.17, 15) is 14.4 Å². The molecule has 1 aliphatic carbocycles. The second-order valence-electron chi connectivity index (χ2n) is 26.1. The minimum atomic E-state index is -2.43. The quantitative estimate of drug-likeness (QED) is 0.0112. The maximum Gasteiger partial charge on any atom is 0.407 e. The number of methoxy groups -OCH3 is 2. The van der Waals surface area contributed by atoms with E-state index in [1.807, 2.05) is 116 Å². The maximum atomic E-state index is 14.2. The Morgan fingerprint density at radius 3 is 1.99 bits per heavy atom. The van der Waals surface area contributed by atoms with Gasteiger partial charge < -0.3 is 67.6 Å². The monoisotopic (exact) mass is 1350 g/mol. The molecule has 0 saturated carbocycles. The van der Waals surface area contributed by atoms with Gasteiger partial charge in [-0.1, -0.05) is 93.6 Å². The number of urea groups is 1. The number of benzene rings is 6. The third-order valence-corrected chi connectivity index (χ3v) is 22.7. The molecule has 0 spiro atoms. The predicted octanol–water partition coefficient (Wildman–Crippen LogP) is 11.2. The number of ether oxygens (including phenoxy) is 8. The van der Waals surface area contributed by atoms with Crippen LogP contribution in [0.3, 0.4) is 0 Å². The molecule has 5 aromatic carbocycles. The topological polar surface area (TPSA) is 216 Å². The molecule has 9 rings (SSSR count). The van der Waals surface area contributed by atoms with Gasteiger partial charge in [-0.05, 0) is 148 Å². The Morgan fingerprint density at radius 1 is 0.742 bits per heavy atom. The van der Waals surface area contributed by atoms with Gasteiger partial charge in [-0.2, -0.15) is 0 Å². The molecule has 0 aromatic heterocycles. The van der Waals surface area contributed by atoms with Crippen LogP contribution in [0.2, 0.25) is 18.1 Å². The number of likely N-dealkylation sites (N-methyl/N-ethyl adjacent to an activating group) is 1. The second-order valence-corrected chi connectivity index (χ2v) is 30.9. The van der Waals surface area contributed by atoms with Crippen LogP contribution in [-0.2, 0) is 38.4 Å². The van der Waals surface area contributed by atoms with Gasteiger partial charge in [0, 0.05) is 85.4 Å². The number of hydrogen-bond donors (Lipinski definition) is 5. The van der Waals surface area contributed by atoms with Crippen molar-refractivity contribution in [3.63, 3.8) is 0 Å². The Hall–Kier alpha value is -8.12. The molecule has 4 aliphatic rings. The van der Waals surface area contributed by atoms with Gasteiger partial charge in [-0.25, -0.2) is 14.6 Å². The van der Waals surface area contributed by atoms with E-state index in [4.69, 9.17) is 46.7 Å². The third-order valence-electron chi connectivity index (χ3n) is 18.2. The van der Waals surface area contributed by atoms with Crippen LogP contribution in [0.15, 0.2) is 144 Å². The number of alkyl carbamates (subject to hydrolysis) is 1. The molecule has 21 heteroatoms. The first-order valence-electron chi connectivity index (χ1n) is 33.9. The molecule has 1 saturated heterocycles. The molecule has 4 amide bonds. The SMILES string of the molecule is CCNc1cc2oc3cc(=[NH+]CC)c(C)cc-3c(-c3ccccc3C(=O)N(C)CCOC(=O)NCCCOCCOCCOCCCNC3NC(=O)N(C4CC(O[Si](C)(C)C(C)(C)C)C(OC(c5ccccc5)(c5ccc(OC)cc5)c5ccc(OC)cc5)O4)C=C3C)c2cc1C. The first kappa shape index (κ1) is 73.1. The van der Waals surface area contributed by atoms with Crippen molar-refractivity contribution in [2.75, 3.05) is 106 Å². The first-order chi connectivity index (χ1) is 46.7. The van der Waals surface area contributed by atoms with E-state index in [1.165, 1.54) is 0 Å². The molecule has 520 valence electrons. The minimum absolute atomic E-state index is 0.0146. The average Bonchev–Trinajstić information content (AvgIpc) is 1.53. The first-order valence-corrected chi connectivity index (χ1v) is 36.8. The molecule has 97 heavy (non-hydrogen) atoms. The fourth-order valence-corrected chi connectivity index (χ4v) is 13.3. The molecule has 4 unspecified atom stereocenters. The van der Waals surface area contributed by atoms with Crippen molar-refractivity contribution in [1.29, 1.82) is 0 Å². The zero-order chi connectivity index (χ0) is 69.3. The standard InChI is InChI=1S/C76H99N7O13Si/c1-14-77-63-47-65-61(45-51(63)3)69(62-46-52(4)64(78-15-2)48-66(62)93-65)59-25-19-20-26-60(59)71(84)82(9)37-40-92-74(86)80-36-22-39-90-42-44-91-43-41-89-38-21-35-79-70-53(5)50-83(73(85)81-70)68-49-67(96-97(12,13)75(6,7)8)72(94-68)95-76(54-23-17-16-18-24-54,55-27-31-57(87-10)32-28-55)56-29-33-58(88-11)34-30-56/h16-20,23-34,45-48,50,67-68,70,72,77,79H,14-15,21-22,35-44,49H2,1-13H3,(H,80,86)(H,81,85)/p+1. The number of fused-ring (bicyclic) bond motifs is 2. The smallest absolute Gasteiger partial charge is 0.407 e. The predicted molar refractivity (Wildman–Crippen MR) is 379 cm³/mol. The van der Waals surface area contributed by atoms with Crippen LogP contribution in [0.25, 0.3) is 33.4 Å². The van der Waals surface area contributed by atoms with E-state index in [-0.39, 0.29) is 36.3 Å². The fraction of sp³-hybridized carbons (Fsp3) is 0.447. The molecule has 3 aliphatic heterocycles. The Bertz CT molecular complexity index is 3770. The summed E-state index contributed by atoms with van der Waals surface area (Å²) in [6.07, 6.45) is 0.438. The molecular formula is C76H100N7O13Si+. The van der Waals surface area contributed by atoms with Crippen molar-refractivity contribution in [3.8, 4) is 33.9 Å². The van der Waals surface area contributed by atoms with E-state index < -0.39 is 38.6 Å². The van der Waals surface area contributed by atoms with Gasteiger partial charge in [0.25, 0.3) is 5.91 Å². The van der Waals surface area contributed by atoms with Crippen LogP contribution in [0.5, 0.6) is 11.5 Å². The van der Waals surface area contributed by atoms with E-state index in [0.717, 1.165) is 79.6 Å². The summed E-state index contributed by atoms with van der Waals surface area (Å²) in [6.45, 7) is 26.6. The molecule has 5 N–H and O–H groups in total. The Balaban J connectivity index is 0.676. The molecule has 5 aromatic rings. The molecule has 20 nitrogen and oxygen atoms in total. The lowest BCUT2D eigenvalue weighted by molar-refractivity contribution is -0.496. The number of anilines is 1. The summed E-state index contributed by atoms with van der Waals surface area (Å²) in [5.74, 6) is 1.93. The Labute approximate surface area is 572 Å². The summed E-state index contributed by atoms with van der Waals surface area (Å²) in [4.78, 5) is 47.7. The van der Waals surface area contributed by atoms with Gasteiger partial charge in [0.2, 0.25) is 5.36 Å². The fourth-order valence-electron chi connectivity index (χ4n) is 11.9. The highest BCUT2D eigenvalue weighted by Crippen LogP contribution is 2.48. The van der Waals surface area contributed by atoms with Crippen LogP contribution in [0.4, 0.5) is 15.3 Å². The van der Waals surface area contributed by atoms with Gasteiger partial charge >= 0.3 is 12.1 Å². The van der Waals surface area contributed by atoms with Crippen LogP contribution < -0.4 is 41.1 Å². The molecule has 0 radical (unpaired) electrons. The largest absolute Gasteiger partial charge is 0.497 e. The van der Waals surface area contributed by atoms with Crippen molar-refractivity contribution in [3.05, 3.63) is 178 Å². The number of aryl methyl sites for hydroxylation is 2. The summed E-state index contributed by atoms with van der Waals surface area (Å²) in [5, 5.41) is 14.6. The van der Waals surface area contributed by atoms with Crippen LogP contribution in [0.1, 0.15) is 99.0 Å². The zero-order valence-corrected chi connectivity index (χ0v) is 59.8. The maximum absolute atomic E-state index is 14.2. The highest BCUT2D eigenvalue weighted by molar-refractivity contribution is 6.74. The molecule has 3 heterocycles. The summed E-state index contributed by atoms with van der Waals surface area (Å²) in [6, 6.07) is 41.5. The van der Waals surface area contributed by atoms with Crippen LogP contribution >= 0.6 is 0 Å². The number of hydrogen-bond acceptors (Lipinski definition) is 15. The number of amides is 4. The van der Waals surface area contributed by atoms with E-state index >= 15 is 0 Å². The number of carbonyl (C=O) groups is 3. The zero-order valence-electron chi connectivity index (χ0n) is 58.8. The highest BCUT2D eigenvalue weighted by atomic mass is 28.4. The van der Waals surface area contributed by atoms with E-state index in [2.05, 4.69) is 112 Å². The summed E-state index contributed by atoms with van der Waals surface area (Å²) in [5.41, 5.74) is 9.27. The lowest BCUT2D eigenvalue weighted by Gasteiger charge is -2.42. The molecular weight excluding hydrogens is 1250 g/mol. The van der Waals surface area contributed by atoms with Crippen molar-refractivity contribution >= 4 is 43.0 Å². The number of nitrogens with one attached hydrogen (secondary N) is 5. The Kier molecular flexibility index (Phi) is 25.6. The lowest BCUT2D eigenvalue weighted by atomic mass is 9.80. The van der Waals surface area contributed by atoms with Crippen LogP contribution in [-0.4, -0.2) is 161 Å². The van der Waals surface area contributed by atoms with Gasteiger partial charge in [0.05, 0.1) is 53.3 Å². The summed E-state index contributed by atoms with van der Waals surface area (Å²) < 4.78 is 62.3. The van der Waals surface area contributed by atoms with Crippen molar-refractivity contribution in [2.24, 2.45) is 0 Å². The van der Waals surface area contributed by atoms with E-state index in [1.54, 1.807) is 31.1 Å². The normalized spacial score (nSPS) is 16.9. The number of nitrogens with zero attached hydrogens (tertiary/aromatic N) is 2. The van der Waals surface area contributed by atoms with Gasteiger partial charge in [0.15, 0.2) is 14.6 Å².